The number of pyridine rings is 1. The molecule has 9 heteroatoms. The van der Waals surface area contributed by atoms with Gasteiger partial charge in [-0.2, -0.15) is 0 Å². The maximum absolute atomic E-state index is 12.6. The third-order valence-corrected chi connectivity index (χ3v) is 5.19. The number of hydrogen-bond donors (Lipinski definition) is 2. The molecule has 2 heterocycles. The van der Waals surface area contributed by atoms with Crippen LogP contribution in [0.5, 0.6) is 0 Å². The molecule has 1 amide bonds. The van der Waals surface area contributed by atoms with Crippen LogP contribution in [-0.4, -0.2) is 34.0 Å². The van der Waals surface area contributed by atoms with Crippen LogP contribution in [0.15, 0.2) is 54.7 Å². The van der Waals surface area contributed by atoms with E-state index < -0.39 is 10.8 Å². The molecule has 1 aromatic heterocycles. The number of nitrogens with one attached hydrogen (secondary N) is 2. The first-order valence-corrected chi connectivity index (χ1v) is 9.93. The highest BCUT2D eigenvalue weighted by atomic mass is 32.1. The molecule has 8 nitrogen and oxygen atoms in total. The first-order valence-electron chi connectivity index (χ1n) is 9.52. The monoisotopic (exact) mass is 421 g/mol. The molecule has 152 valence electrons. The average Bonchev–Trinajstić information content (AvgIpc) is 3.28. The van der Waals surface area contributed by atoms with E-state index in [1.54, 1.807) is 18.3 Å². The van der Waals surface area contributed by atoms with Gasteiger partial charge in [-0.15, -0.1) is 0 Å². The average molecular weight is 421 g/mol. The van der Waals surface area contributed by atoms with Crippen LogP contribution in [0.4, 0.5) is 17.1 Å². The molecule has 0 aliphatic carbocycles. The largest absolute Gasteiger partial charge is 0.366 e. The Labute approximate surface area is 178 Å². The Morgan fingerprint density at radius 1 is 1.13 bits per heavy atom. The molecule has 4 rings (SSSR count). The van der Waals surface area contributed by atoms with E-state index in [0.717, 1.165) is 36.8 Å². The number of carbonyl (C=O) groups excluding carboxylic acids is 1. The number of thiocarbonyl (C=S) groups is 1. The number of nitro groups is 1. The first-order chi connectivity index (χ1) is 14.5. The molecule has 2 aromatic carbocycles. The van der Waals surface area contributed by atoms with Crippen molar-refractivity contribution in [3.05, 3.63) is 70.4 Å². The summed E-state index contributed by atoms with van der Waals surface area (Å²) in [5.41, 5.74) is 2.01. The number of aromatic nitrogens is 1. The molecule has 0 saturated carbocycles. The minimum Gasteiger partial charge on any atom is -0.366 e. The zero-order valence-corrected chi connectivity index (χ0v) is 16.8. The number of anilines is 2. The summed E-state index contributed by atoms with van der Waals surface area (Å²) in [7, 11) is 0. The highest BCUT2D eigenvalue weighted by Gasteiger charge is 2.24. The Morgan fingerprint density at radius 2 is 1.90 bits per heavy atom. The van der Waals surface area contributed by atoms with Crippen LogP contribution >= 0.6 is 12.2 Å². The summed E-state index contributed by atoms with van der Waals surface area (Å²) in [6, 6.07) is 13.9. The van der Waals surface area contributed by atoms with Gasteiger partial charge >= 0.3 is 0 Å². The number of carbonyl (C=O) groups is 1. The summed E-state index contributed by atoms with van der Waals surface area (Å²) < 4.78 is 0. The van der Waals surface area contributed by atoms with Crippen molar-refractivity contribution in [2.45, 2.75) is 12.8 Å². The zero-order chi connectivity index (χ0) is 21.1. The SMILES string of the molecule is O=C(NC(=S)Nc1cccc2cccnc12)c1ccc(N2CCCC2)c([N+](=O)[O-])c1. The highest BCUT2D eigenvalue weighted by Crippen LogP contribution is 2.31. The molecule has 0 unspecified atom stereocenters. The van der Waals surface area contributed by atoms with Crippen LogP contribution in [0.25, 0.3) is 10.9 Å². The van der Waals surface area contributed by atoms with Crippen molar-refractivity contribution in [3.8, 4) is 0 Å². The fraction of sp³-hybridized carbons (Fsp3) is 0.190. The Kier molecular flexibility index (Phi) is 5.53. The molecular formula is C21H19N5O3S. The maximum Gasteiger partial charge on any atom is 0.293 e. The van der Waals surface area contributed by atoms with E-state index in [1.807, 2.05) is 35.2 Å². The lowest BCUT2D eigenvalue weighted by molar-refractivity contribution is -0.384. The number of fused-ring (bicyclic) bond motifs is 1. The summed E-state index contributed by atoms with van der Waals surface area (Å²) in [4.78, 5) is 30.0. The van der Waals surface area contributed by atoms with Gasteiger partial charge in [-0.3, -0.25) is 25.2 Å². The lowest BCUT2D eigenvalue weighted by atomic mass is 10.1. The topological polar surface area (TPSA) is 100 Å². The molecule has 0 radical (unpaired) electrons. The fourth-order valence-electron chi connectivity index (χ4n) is 3.57. The van der Waals surface area contributed by atoms with Gasteiger partial charge in [0, 0.05) is 36.3 Å². The van der Waals surface area contributed by atoms with E-state index in [1.165, 1.54) is 6.07 Å². The molecule has 1 aliphatic heterocycles. The molecule has 1 aliphatic rings. The molecule has 1 fully saturated rings. The van der Waals surface area contributed by atoms with Crippen molar-refractivity contribution in [2.24, 2.45) is 0 Å². The number of benzene rings is 2. The van der Waals surface area contributed by atoms with Gasteiger partial charge in [0.2, 0.25) is 0 Å². The molecule has 0 bridgehead atoms. The second-order valence-corrected chi connectivity index (χ2v) is 7.35. The van der Waals surface area contributed by atoms with E-state index in [-0.39, 0.29) is 16.4 Å². The van der Waals surface area contributed by atoms with Crippen molar-refractivity contribution < 1.29 is 9.72 Å². The van der Waals surface area contributed by atoms with Crippen molar-refractivity contribution >= 4 is 51.2 Å². The van der Waals surface area contributed by atoms with Gasteiger partial charge < -0.3 is 10.2 Å². The van der Waals surface area contributed by atoms with Gasteiger partial charge in [-0.05, 0) is 49.3 Å². The molecule has 2 N–H and O–H groups in total. The lowest BCUT2D eigenvalue weighted by Crippen LogP contribution is -2.34. The summed E-state index contributed by atoms with van der Waals surface area (Å²) >= 11 is 5.26. The van der Waals surface area contributed by atoms with Crippen LogP contribution in [0, 0.1) is 10.1 Å². The first kappa shape index (κ1) is 19.7. The lowest BCUT2D eigenvalue weighted by Gasteiger charge is -2.18. The van der Waals surface area contributed by atoms with Gasteiger partial charge in [0.1, 0.15) is 5.69 Å². The van der Waals surface area contributed by atoms with Gasteiger partial charge in [0.25, 0.3) is 11.6 Å². The molecule has 0 atom stereocenters. The number of rotatable bonds is 4. The molecule has 0 spiro atoms. The normalized spacial score (nSPS) is 13.3. The third kappa shape index (κ3) is 4.06. The zero-order valence-electron chi connectivity index (χ0n) is 16.0. The standard InChI is InChI=1S/C21H19N5O3S/c27-20(15-8-9-17(18(13-15)26(28)29)25-11-1-2-12-25)24-21(30)23-16-7-3-5-14-6-4-10-22-19(14)16/h3-10,13H,1-2,11-12H2,(H2,23,24,27,30). The summed E-state index contributed by atoms with van der Waals surface area (Å²) in [5, 5.41) is 18.1. The van der Waals surface area contributed by atoms with E-state index in [2.05, 4.69) is 15.6 Å². The molecule has 30 heavy (non-hydrogen) atoms. The van der Waals surface area contributed by atoms with Crippen LogP contribution in [0.3, 0.4) is 0 Å². The minimum atomic E-state index is -0.517. The van der Waals surface area contributed by atoms with Crippen LogP contribution in [0.1, 0.15) is 23.2 Å². The Hall–Kier alpha value is -3.59. The predicted molar refractivity (Wildman–Crippen MR) is 120 cm³/mol. The van der Waals surface area contributed by atoms with Crippen LogP contribution in [-0.2, 0) is 0 Å². The Bertz CT molecular complexity index is 1140. The minimum absolute atomic E-state index is 0.0818. The Morgan fingerprint density at radius 3 is 2.67 bits per heavy atom. The van der Waals surface area contributed by atoms with E-state index in [9.17, 15) is 14.9 Å². The van der Waals surface area contributed by atoms with E-state index >= 15 is 0 Å². The van der Waals surface area contributed by atoms with Crippen molar-refractivity contribution in [1.82, 2.24) is 10.3 Å². The number of nitrogens with zero attached hydrogens (tertiary/aromatic N) is 3. The van der Waals surface area contributed by atoms with Crippen LogP contribution in [0.2, 0.25) is 0 Å². The van der Waals surface area contributed by atoms with E-state index in [0.29, 0.717) is 11.4 Å². The van der Waals surface area contributed by atoms with Crippen molar-refractivity contribution in [1.29, 1.82) is 0 Å². The van der Waals surface area contributed by atoms with Gasteiger partial charge in [-0.25, -0.2) is 0 Å². The van der Waals surface area contributed by atoms with Gasteiger partial charge in [0.05, 0.1) is 16.1 Å². The van der Waals surface area contributed by atoms with Crippen molar-refractivity contribution in [2.75, 3.05) is 23.3 Å². The maximum atomic E-state index is 12.6. The molecule has 3 aromatic rings. The number of para-hydroxylation sites is 1. The number of amides is 1. The number of nitro benzene ring substituents is 1. The smallest absolute Gasteiger partial charge is 0.293 e. The molecule has 1 saturated heterocycles. The predicted octanol–water partition coefficient (Wildman–Crippen LogP) is 3.87. The van der Waals surface area contributed by atoms with E-state index in [4.69, 9.17) is 12.2 Å². The summed E-state index contributed by atoms with van der Waals surface area (Å²) in [6.07, 6.45) is 3.68. The molecular weight excluding hydrogens is 402 g/mol. The fourth-order valence-corrected chi connectivity index (χ4v) is 3.77. The van der Waals surface area contributed by atoms with Crippen LogP contribution < -0.4 is 15.5 Å². The number of hydrogen-bond acceptors (Lipinski definition) is 6. The summed E-state index contributed by atoms with van der Waals surface area (Å²) in [5.74, 6) is -0.517. The second-order valence-electron chi connectivity index (χ2n) is 6.94. The van der Waals surface area contributed by atoms with Gasteiger partial charge in [-0.1, -0.05) is 18.2 Å². The van der Waals surface area contributed by atoms with Gasteiger partial charge in [0.15, 0.2) is 5.11 Å². The second kappa shape index (κ2) is 8.42. The van der Waals surface area contributed by atoms with Crippen molar-refractivity contribution in [3.63, 3.8) is 0 Å². The Balaban J connectivity index is 1.51. The quantitative estimate of drug-likeness (QED) is 0.375. The highest BCUT2D eigenvalue weighted by molar-refractivity contribution is 7.80. The summed E-state index contributed by atoms with van der Waals surface area (Å²) in [6.45, 7) is 1.55. The third-order valence-electron chi connectivity index (χ3n) is 4.99.